The molecule has 11 heavy (non-hydrogen) atoms. The molecule has 0 fully saturated rings. The molecule has 1 heterocycles. The standard InChI is InChI=1S/C7H7BrN2S/c8-6-3-7(11-5-6)4-10-2-1-9/h3,5,10H,2,4H2. The summed E-state index contributed by atoms with van der Waals surface area (Å²) in [5, 5.41) is 13.3. The summed E-state index contributed by atoms with van der Waals surface area (Å²) < 4.78 is 1.11. The first kappa shape index (κ1) is 8.72. The quantitative estimate of drug-likeness (QED) is 0.638. The van der Waals surface area contributed by atoms with Crippen molar-refractivity contribution in [1.29, 1.82) is 5.26 Å². The Bertz CT molecular complexity index is 264. The second-order valence-electron chi connectivity index (χ2n) is 1.99. The first-order valence-corrected chi connectivity index (χ1v) is 4.81. The molecule has 0 aliphatic carbocycles. The first-order valence-electron chi connectivity index (χ1n) is 3.13. The van der Waals surface area contributed by atoms with Gasteiger partial charge < -0.3 is 0 Å². The normalized spacial score (nSPS) is 9.45. The van der Waals surface area contributed by atoms with Crippen LogP contribution in [0.4, 0.5) is 0 Å². The molecule has 0 radical (unpaired) electrons. The average molecular weight is 231 g/mol. The molecule has 0 saturated heterocycles. The van der Waals surface area contributed by atoms with Gasteiger partial charge in [0.2, 0.25) is 0 Å². The van der Waals surface area contributed by atoms with Crippen molar-refractivity contribution < 1.29 is 0 Å². The fourth-order valence-electron chi connectivity index (χ4n) is 0.688. The van der Waals surface area contributed by atoms with Crippen LogP contribution in [0.3, 0.4) is 0 Å². The monoisotopic (exact) mass is 230 g/mol. The van der Waals surface area contributed by atoms with Crippen molar-refractivity contribution in [3.05, 3.63) is 20.8 Å². The van der Waals surface area contributed by atoms with Crippen molar-refractivity contribution in [2.75, 3.05) is 6.54 Å². The third-order valence-electron chi connectivity index (χ3n) is 1.13. The number of nitrogens with one attached hydrogen (secondary N) is 1. The number of hydrogen-bond acceptors (Lipinski definition) is 3. The van der Waals surface area contributed by atoms with Gasteiger partial charge in [0.15, 0.2) is 0 Å². The maximum absolute atomic E-state index is 8.23. The molecule has 0 amide bonds. The van der Waals surface area contributed by atoms with Crippen molar-refractivity contribution in [2.45, 2.75) is 6.54 Å². The largest absolute Gasteiger partial charge is 0.300 e. The van der Waals surface area contributed by atoms with Crippen LogP contribution >= 0.6 is 27.3 Å². The minimum atomic E-state index is 0.412. The van der Waals surface area contributed by atoms with Crippen LogP contribution < -0.4 is 5.32 Å². The number of nitriles is 1. The number of nitrogens with zero attached hydrogens (tertiary/aromatic N) is 1. The smallest absolute Gasteiger partial charge is 0.0843 e. The lowest BCUT2D eigenvalue weighted by Crippen LogP contribution is -2.11. The molecule has 0 unspecified atom stereocenters. The molecule has 0 spiro atoms. The molecule has 1 N–H and O–H groups in total. The topological polar surface area (TPSA) is 35.8 Å². The van der Waals surface area contributed by atoms with E-state index in [4.69, 9.17) is 5.26 Å². The lowest BCUT2D eigenvalue weighted by Gasteiger charge is -1.93. The van der Waals surface area contributed by atoms with Gasteiger partial charge in [0.05, 0.1) is 12.6 Å². The predicted molar refractivity (Wildman–Crippen MR) is 49.3 cm³/mol. The first-order chi connectivity index (χ1) is 5.33. The number of hydrogen-bond donors (Lipinski definition) is 1. The number of rotatable bonds is 3. The Balaban J connectivity index is 2.34. The molecule has 4 heteroatoms. The maximum atomic E-state index is 8.23. The van der Waals surface area contributed by atoms with Gasteiger partial charge >= 0.3 is 0 Å². The van der Waals surface area contributed by atoms with Gasteiger partial charge in [-0.3, -0.25) is 5.32 Å². The van der Waals surface area contributed by atoms with Gasteiger partial charge in [-0.25, -0.2) is 0 Å². The molecule has 0 aliphatic rings. The van der Waals surface area contributed by atoms with Crippen LogP contribution in [-0.4, -0.2) is 6.54 Å². The Kier molecular flexibility index (Phi) is 3.57. The van der Waals surface area contributed by atoms with Crippen LogP contribution in [0.2, 0.25) is 0 Å². The van der Waals surface area contributed by atoms with Gasteiger partial charge in [0, 0.05) is 21.3 Å². The SMILES string of the molecule is N#CCNCc1cc(Br)cs1. The highest BCUT2D eigenvalue weighted by Gasteiger charge is 1.95. The average Bonchev–Trinajstić information content (AvgIpc) is 2.37. The Morgan fingerprint density at radius 3 is 3.09 bits per heavy atom. The van der Waals surface area contributed by atoms with E-state index >= 15 is 0 Å². The molecule has 2 nitrogen and oxygen atoms in total. The van der Waals surface area contributed by atoms with Crippen LogP contribution in [0.5, 0.6) is 0 Å². The molecule has 0 atom stereocenters. The van der Waals surface area contributed by atoms with Crippen LogP contribution in [0, 0.1) is 11.3 Å². The number of halogens is 1. The summed E-state index contributed by atoms with van der Waals surface area (Å²) >= 11 is 5.04. The molecule has 0 aromatic carbocycles. The van der Waals surface area contributed by atoms with E-state index in [1.807, 2.05) is 11.4 Å². The predicted octanol–water partition coefficient (Wildman–Crippen LogP) is 2.12. The van der Waals surface area contributed by atoms with Crippen LogP contribution in [-0.2, 0) is 6.54 Å². The van der Waals surface area contributed by atoms with Crippen molar-refractivity contribution >= 4 is 27.3 Å². The summed E-state index contributed by atoms with van der Waals surface area (Å²) in [4.78, 5) is 1.24. The highest BCUT2D eigenvalue weighted by atomic mass is 79.9. The molecule has 0 aliphatic heterocycles. The van der Waals surface area contributed by atoms with Crippen molar-refractivity contribution in [3.63, 3.8) is 0 Å². The van der Waals surface area contributed by atoms with Crippen LogP contribution in [0.1, 0.15) is 4.88 Å². The highest BCUT2D eigenvalue weighted by molar-refractivity contribution is 9.10. The Hall–Kier alpha value is -0.370. The lowest BCUT2D eigenvalue weighted by molar-refractivity contribution is 0.776. The van der Waals surface area contributed by atoms with E-state index in [1.54, 1.807) is 11.3 Å². The molecule has 58 valence electrons. The summed E-state index contributed by atoms with van der Waals surface area (Å²) in [5.41, 5.74) is 0. The van der Waals surface area contributed by atoms with E-state index in [1.165, 1.54) is 4.88 Å². The minimum Gasteiger partial charge on any atom is -0.300 e. The Labute approximate surface area is 78.0 Å². The van der Waals surface area contributed by atoms with Gasteiger partial charge in [0.25, 0.3) is 0 Å². The Morgan fingerprint density at radius 1 is 1.73 bits per heavy atom. The van der Waals surface area contributed by atoms with E-state index in [-0.39, 0.29) is 0 Å². The van der Waals surface area contributed by atoms with Gasteiger partial charge in [-0.1, -0.05) is 0 Å². The van der Waals surface area contributed by atoms with Crippen molar-refractivity contribution in [3.8, 4) is 6.07 Å². The van der Waals surface area contributed by atoms with Gasteiger partial charge in [-0.05, 0) is 22.0 Å². The van der Waals surface area contributed by atoms with Gasteiger partial charge in [0.1, 0.15) is 0 Å². The fourth-order valence-corrected chi connectivity index (χ4v) is 2.11. The summed E-state index contributed by atoms with van der Waals surface area (Å²) in [6.45, 7) is 1.19. The lowest BCUT2D eigenvalue weighted by atomic mass is 10.4. The van der Waals surface area contributed by atoms with E-state index in [9.17, 15) is 0 Å². The minimum absolute atomic E-state index is 0.412. The van der Waals surface area contributed by atoms with Crippen molar-refractivity contribution in [1.82, 2.24) is 5.32 Å². The Morgan fingerprint density at radius 2 is 2.55 bits per heavy atom. The van der Waals surface area contributed by atoms with E-state index in [0.717, 1.165) is 11.0 Å². The maximum Gasteiger partial charge on any atom is 0.0843 e. The molecule has 0 bridgehead atoms. The van der Waals surface area contributed by atoms with E-state index in [0.29, 0.717) is 6.54 Å². The molecule has 1 aromatic rings. The zero-order valence-electron chi connectivity index (χ0n) is 5.80. The summed E-state index contributed by atoms with van der Waals surface area (Å²) in [5.74, 6) is 0. The second kappa shape index (κ2) is 4.50. The molecular formula is C7H7BrN2S. The molecular weight excluding hydrogens is 224 g/mol. The van der Waals surface area contributed by atoms with Crippen LogP contribution in [0.25, 0.3) is 0 Å². The zero-order chi connectivity index (χ0) is 8.10. The molecule has 0 saturated carbocycles. The van der Waals surface area contributed by atoms with Gasteiger partial charge in [-0.15, -0.1) is 11.3 Å². The third kappa shape index (κ3) is 3.02. The zero-order valence-corrected chi connectivity index (χ0v) is 8.20. The van der Waals surface area contributed by atoms with Gasteiger partial charge in [-0.2, -0.15) is 5.26 Å². The van der Waals surface area contributed by atoms with E-state index < -0.39 is 0 Å². The van der Waals surface area contributed by atoms with Crippen LogP contribution in [0.15, 0.2) is 15.9 Å². The summed E-state index contributed by atoms with van der Waals surface area (Å²) in [6, 6.07) is 4.08. The fraction of sp³-hybridized carbons (Fsp3) is 0.286. The van der Waals surface area contributed by atoms with Crippen molar-refractivity contribution in [2.24, 2.45) is 0 Å². The second-order valence-corrected chi connectivity index (χ2v) is 3.90. The third-order valence-corrected chi connectivity index (χ3v) is 2.82. The summed E-state index contributed by atoms with van der Waals surface area (Å²) in [6.07, 6.45) is 0. The summed E-state index contributed by atoms with van der Waals surface area (Å²) in [7, 11) is 0. The van der Waals surface area contributed by atoms with E-state index in [2.05, 4.69) is 27.3 Å². The molecule has 1 aromatic heterocycles. The highest BCUT2D eigenvalue weighted by Crippen LogP contribution is 2.19. The molecule has 1 rings (SSSR count). The number of thiophene rings is 1.